The number of piperidine rings is 1. The van der Waals surface area contributed by atoms with Crippen molar-refractivity contribution in [2.24, 2.45) is 0 Å². The number of hydroxylamine groups is 4. The largest absolute Gasteiger partial charge is 0.379 e. The molecule has 8 nitrogen and oxygen atoms in total. The van der Waals surface area contributed by atoms with E-state index in [2.05, 4.69) is 12.1 Å². The molecule has 5 rings (SSSR count). The summed E-state index contributed by atoms with van der Waals surface area (Å²) in [7, 11) is 0. The maximum Gasteiger partial charge on any atom is 0.254 e. The summed E-state index contributed by atoms with van der Waals surface area (Å²) in [5.74, 6) is -0.0601. The molecule has 1 unspecified atom stereocenters. The monoisotopic (exact) mass is 417 g/mol. The molecule has 30 heavy (non-hydrogen) atoms. The van der Waals surface area contributed by atoms with E-state index in [0.29, 0.717) is 39.5 Å². The summed E-state index contributed by atoms with van der Waals surface area (Å²) in [6.45, 7) is 5.48. The van der Waals surface area contributed by atoms with Crippen molar-refractivity contribution in [3.8, 4) is 0 Å². The van der Waals surface area contributed by atoms with Gasteiger partial charge >= 0.3 is 0 Å². The first-order valence-electron chi connectivity index (χ1n) is 11.2. The fraction of sp³-hybridized carbons (Fsp3) is 0.682. The molecule has 164 valence electrons. The predicted molar refractivity (Wildman–Crippen MR) is 108 cm³/mol. The molecule has 0 bridgehead atoms. The second kappa shape index (κ2) is 9.30. The van der Waals surface area contributed by atoms with Crippen LogP contribution < -0.4 is 0 Å². The summed E-state index contributed by atoms with van der Waals surface area (Å²) in [5, 5.41) is 3.85. The van der Waals surface area contributed by atoms with Gasteiger partial charge in [0.1, 0.15) is 0 Å². The number of nitrogens with zero attached hydrogens (tertiary/aromatic N) is 3. The fourth-order valence-electron chi connectivity index (χ4n) is 4.94. The van der Waals surface area contributed by atoms with Gasteiger partial charge < -0.3 is 14.4 Å². The topological polar surface area (TPSA) is 63.7 Å². The Labute approximate surface area is 177 Å². The van der Waals surface area contributed by atoms with Crippen LogP contribution in [0, 0.1) is 0 Å². The summed E-state index contributed by atoms with van der Waals surface area (Å²) in [5.41, 5.74) is 1.08. The molecule has 1 amide bonds. The molecule has 0 radical (unpaired) electrons. The van der Waals surface area contributed by atoms with Crippen molar-refractivity contribution in [2.75, 3.05) is 52.5 Å². The summed E-state index contributed by atoms with van der Waals surface area (Å²) in [6, 6.07) is 10.0. The number of amides is 1. The fourth-order valence-corrected chi connectivity index (χ4v) is 4.94. The Bertz CT molecular complexity index is 708. The van der Waals surface area contributed by atoms with Crippen molar-refractivity contribution in [2.45, 2.75) is 43.6 Å². The summed E-state index contributed by atoms with van der Waals surface area (Å²) < 4.78 is 11.5. The maximum absolute atomic E-state index is 13.5. The standard InChI is InChI=1S/C22H31N3O5/c26-21(23-9-5-2-6-10-23)20-18(17-7-3-1-4-8-17)19-22(28-16-13-25(19)29-20)30-24-11-14-27-15-12-24/h1,3-4,7-8,18-20,22H,2,5-6,9-16H2/t18-,19+,20-,22?/m1/s1. The second-order valence-corrected chi connectivity index (χ2v) is 8.37. The highest BCUT2D eigenvalue weighted by molar-refractivity contribution is 5.82. The van der Waals surface area contributed by atoms with Gasteiger partial charge in [0.25, 0.3) is 5.91 Å². The first kappa shape index (κ1) is 20.4. The van der Waals surface area contributed by atoms with Crippen LogP contribution in [0.2, 0.25) is 0 Å². The van der Waals surface area contributed by atoms with Crippen LogP contribution in [0.1, 0.15) is 30.7 Å². The van der Waals surface area contributed by atoms with E-state index in [1.807, 2.05) is 33.2 Å². The molecule has 4 fully saturated rings. The number of hydrogen-bond donors (Lipinski definition) is 0. The van der Waals surface area contributed by atoms with E-state index in [1.54, 1.807) is 0 Å². The number of ether oxygens (including phenoxy) is 2. The number of carbonyl (C=O) groups excluding carboxylic acids is 1. The van der Waals surface area contributed by atoms with E-state index in [9.17, 15) is 4.79 Å². The van der Waals surface area contributed by atoms with Crippen LogP contribution >= 0.6 is 0 Å². The average Bonchev–Trinajstić information content (AvgIpc) is 3.21. The van der Waals surface area contributed by atoms with Crippen molar-refractivity contribution in [3.63, 3.8) is 0 Å². The molecule has 4 heterocycles. The first-order chi connectivity index (χ1) is 14.8. The Morgan fingerprint density at radius 2 is 1.70 bits per heavy atom. The molecule has 1 aromatic rings. The zero-order valence-electron chi connectivity index (χ0n) is 17.4. The Kier molecular flexibility index (Phi) is 6.31. The average molecular weight is 418 g/mol. The van der Waals surface area contributed by atoms with Gasteiger partial charge in [-0.15, -0.1) is 0 Å². The highest BCUT2D eigenvalue weighted by atomic mass is 16.8. The lowest BCUT2D eigenvalue weighted by molar-refractivity contribution is -0.343. The minimum absolute atomic E-state index is 0.0862. The van der Waals surface area contributed by atoms with E-state index >= 15 is 0 Å². The summed E-state index contributed by atoms with van der Waals surface area (Å²) >= 11 is 0. The van der Waals surface area contributed by atoms with Crippen molar-refractivity contribution in [3.05, 3.63) is 35.9 Å². The van der Waals surface area contributed by atoms with Crippen LogP contribution in [-0.4, -0.2) is 91.9 Å². The third-order valence-electron chi connectivity index (χ3n) is 6.47. The number of carbonyl (C=O) groups is 1. The number of morpholine rings is 2. The van der Waals surface area contributed by atoms with Gasteiger partial charge in [0.15, 0.2) is 12.4 Å². The number of fused-ring (bicyclic) bond motifs is 1. The van der Waals surface area contributed by atoms with Crippen LogP contribution in [0.25, 0.3) is 0 Å². The molecule has 4 saturated heterocycles. The van der Waals surface area contributed by atoms with Gasteiger partial charge in [0, 0.05) is 38.6 Å². The Hall–Kier alpha value is -1.55. The Balaban J connectivity index is 1.41. The van der Waals surface area contributed by atoms with Crippen molar-refractivity contribution in [1.82, 2.24) is 15.0 Å². The number of benzene rings is 1. The van der Waals surface area contributed by atoms with Crippen LogP contribution in [0.4, 0.5) is 0 Å². The maximum atomic E-state index is 13.5. The Morgan fingerprint density at radius 1 is 0.933 bits per heavy atom. The predicted octanol–water partition coefficient (Wildman–Crippen LogP) is 1.39. The summed E-state index contributed by atoms with van der Waals surface area (Å²) in [6.07, 6.45) is 2.28. The van der Waals surface area contributed by atoms with Crippen LogP contribution in [0.5, 0.6) is 0 Å². The Morgan fingerprint density at radius 3 is 2.47 bits per heavy atom. The zero-order valence-corrected chi connectivity index (χ0v) is 17.4. The molecule has 1 aromatic carbocycles. The highest BCUT2D eigenvalue weighted by Gasteiger charge is 2.54. The number of rotatable bonds is 4. The third kappa shape index (κ3) is 4.12. The smallest absolute Gasteiger partial charge is 0.254 e. The van der Waals surface area contributed by atoms with E-state index in [-0.39, 0.29) is 17.9 Å². The molecular formula is C22H31N3O5. The van der Waals surface area contributed by atoms with Gasteiger partial charge in [0.05, 0.1) is 25.9 Å². The molecule has 8 heteroatoms. The van der Waals surface area contributed by atoms with Gasteiger partial charge in [-0.3, -0.25) is 14.5 Å². The molecular weight excluding hydrogens is 386 g/mol. The van der Waals surface area contributed by atoms with E-state index in [1.165, 1.54) is 6.42 Å². The minimum atomic E-state index is -0.548. The SMILES string of the molecule is O=C([C@@H]1ON2CCOC(ON3CCOCC3)[C@@H]2[C@H]1c1ccccc1)N1CCCCC1. The van der Waals surface area contributed by atoms with Gasteiger partial charge in [0.2, 0.25) is 0 Å². The first-order valence-corrected chi connectivity index (χ1v) is 11.2. The second-order valence-electron chi connectivity index (χ2n) is 8.37. The lowest BCUT2D eigenvalue weighted by atomic mass is 9.85. The summed E-state index contributed by atoms with van der Waals surface area (Å²) in [4.78, 5) is 28.0. The lowest BCUT2D eigenvalue weighted by Gasteiger charge is -2.39. The minimum Gasteiger partial charge on any atom is -0.379 e. The third-order valence-corrected chi connectivity index (χ3v) is 6.47. The molecule has 0 aliphatic carbocycles. The molecule has 0 saturated carbocycles. The van der Waals surface area contributed by atoms with Crippen LogP contribution in [0.15, 0.2) is 30.3 Å². The van der Waals surface area contributed by atoms with Gasteiger partial charge in [-0.05, 0) is 24.8 Å². The van der Waals surface area contributed by atoms with E-state index in [4.69, 9.17) is 19.1 Å². The molecule has 4 aliphatic heterocycles. The quantitative estimate of drug-likeness (QED) is 0.734. The molecule has 0 N–H and O–H groups in total. The zero-order chi connectivity index (χ0) is 20.3. The van der Waals surface area contributed by atoms with Crippen LogP contribution in [0.3, 0.4) is 0 Å². The van der Waals surface area contributed by atoms with Gasteiger partial charge in [-0.25, -0.2) is 0 Å². The number of hydrogen-bond acceptors (Lipinski definition) is 7. The highest BCUT2D eigenvalue weighted by Crippen LogP contribution is 2.41. The normalized spacial score (nSPS) is 33.4. The molecule has 0 spiro atoms. The van der Waals surface area contributed by atoms with Gasteiger partial charge in [-0.1, -0.05) is 30.3 Å². The lowest BCUT2D eigenvalue weighted by Crippen LogP contribution is -2.53. The van der Waals surface area contributed by atoms with Gasteiger partial charge in [-0.2, -0.15) is 10.1 Å². The number of likely N-dealkylation sites (tertiary alicyclic amines) is 1. The van der Waals surface area contributed by atoms with E-state index in [0.717, 1.165) is 31.5 Å². The molecule has 4 aliphatic rings. The van der Waals surface area contributed by atoms with Crippen LogP contribution in [-0.2, 0) is 23.9 Å². The van der Waals surface area contributed by atoms with Crippen molar-refractivity contribution < 1.29 is 23.9 Å². The molecule has 0 aromatic heterocycles. The van der Waals surface area contributed by atoms with Crippen molar-refractivity contribution >= 4 is 5.91 Å². The van der Waals surface area contributed by atoms with Crippen molar-refractivity contribution in [1.29, 1.82) is 0 Å². The van der Waals surface area contributed by atoms with E-state index < -0.39 is 12.4 Å². The molecule has 4 atom stereocenters.